The van der Waals surface area contributed by atoms with E-state index in [1.54, 1.807) is 0 Å². The second-order valence-corrected chi connectivity index (χ2v) is 4.96. The molecule has 0 bridgehead atoms. The highest BCUT2D eigenvalue weighted by Crippen LogP contribution is 2.04. The van der Waals surface area contributed by atoms with E-state index in [9.17, 15) is 0 Å². The van der Waals surface area contributed by atoms with Gasteiger partial charge in [0.1, 0.15) is 0 Å². The molecule has 0 aliphatic heterocycles. The molecule has 1 aromatic rings. The summed E-state index contributed by atoms with van der Waals surface area (Å²) in [5, 5.41) is 3.61. The second-order valence-electron chi connectivity index (χ2n) is 4.96. The van der Waals surface area contributed by atoms with E-state index < -0.39 is 0 Å². The van der Waals surface area contributed by atoms with Gasteiger partial charge in [-0.1, -0.05) is 62.9 Å². The first-order valence-electron chi connectivity index (χ1n) is 7.10. The van der Waals surface area contributed by atoms with Crippen LogP contribution in [0.3, 0.4) is 0 Å². The monoisotopic (exact) mass is 233 g/mol. The first-order chi connectivity index (χ1) is 8.33. The van der Waals surface area contributed by atoms with Crippen LogP contribution < -0.4 is 5.32 Å². The van der Waals surface area contributed by atoms with E-state index in [1.807, 2.05) is 0 Å². The van der Waals surface area contributed by atoms with E-state index in [0.717, 1.165) is 13.0 Å². The summed E-state index contributed by atoms with van der Waals surface area (Å²) in [5.74, 6) is 0. The molecule has 17 heavy (non-hydrogen) atoms. The normalized spacial score (nSPS) is 12.6. The average Bonchev–Trinajstić information content (AvgIpc) is 2.35. The molecule has 96 valence electrons. The molecule has 1 aromatic carbocycles. The highest BCUT2D eigenvalue weighted by atomic mass is 14.9. The lowest BCUT2D eigenvalue weighted by molar-refractivity contribution is 0.514. The summed E-state index contributed by atoms with van der Waals surface area (Å²) in [4.78, 5) is 0. The van der Waals surface area contributed by atoms with E-state index >= 15 is 0 Å². The summed E-state index contributed by atoms with van der Waals surface area (Å²) in [7, 11) is 0. The van der Waals surface area contributed by atoms with Gasteiger partial charge in [0.05, 0.1) is 0 Å². The predicted octanol–water partition coefficient (Wildman–Crippen LogP) is 4.18. The van der Waals surface area contributed by atoms with Gasteiger partial charge in [0.15, 0.2) is 0 Å². The maximum absolute atomic E-state index is 3.61. The van der Waals surface area contributed by atoms with Crippen molar-refractivity contribution in [2.75, 3.05) is 6.54 Å². The summed E-state index contributed by atoms with van der Waals surface area (Å²) >= 11 is 0. The van der Waals surface area contributed by atoms with E-state index in [2.05, 4.69) is 49.5 Å². The highest BCUT2D eigenvalue weighted by molar-refractivity contribution is 5.15. The number of nitrogens with one attached hydrogen (secondary N) is 1. The Kier molecular flexibility index (Phi) is 7.74. The Balaban J connectivity index is 2.03. The predicted molar refractivity (Wildman–Crippen MR) is 76.4 cm³/mol. The van der Waals surface area contributed by atoms with E-state index in [1.165, 1.54) is 37.7 Å². The molecule has 0 aliphatic carbocycles. The zero-order valence-electron chi connectivity index (χ0n) is 11.4. The Morgan fingerprint density at radius 2 is 1.71 bits per heavy atom. The van der Waals surface area contributed by atoms with Gasteiger partial charge in [-0.25, -0.2) is 0 Å². The van der Waals surface area contributed by atoms with Gasteiger partial charge >= 0.3 is 0 Å². The van der Waals surface area contributed by atoms with Crippen molar-refractivity contribution >= 4 is 0 Å². The summed E-state index contributed by atoms with van der Waals surface area (Å²) in [6, 6.07) is 11.3. The fraction of sp³-hybridized carbons (Fsp3) is 0.625. The fourth-order valence-corrected chi connectivity index (χ4v) is 2.12. The molecule has 0 saturated heterocycles. The lowest BCUT2D eigenvalue weighted by Crippen LogP contribution is -2.28. The number of hydrogen-bond acceptors (Lipinski definition) is 1. The number of hydrogen-bond donors (Lipinski definition) is 1. The zero-order chi connectivity index (χ0) is 12.3. The van der Waals surface area contributed by atoms with Crippen LogP contribution in [0.5, 0.6) is 0 Å². The Labute approximate surface area is 107 Å². The molecule has 0 saturated carbocycles. The summed E-state index contributed by atoms with van der Waals surface area (Å²) in [6.45, 7) is 5.71. The van der Waals surface area contributed by atoms with Crippen molar-refractivity contribution in [1.82, 2.24) is 5.32 Å². The van der Waals surface area contributed by atoms with Gasteiger partial charge in [-0.2, -0.15) is 0 Å². The van der Waals surface area contributed by atoms with Crippen LogP contribution in [0.1, 0.15) is 51.5 Å². The van der Waals surface area contributed by atoms with E-state index in [4.69, 9.17) is 0 Å². The van der Waals surface area contributed by atoms with Crippen LogP contribution in [-0.2, 0) is 6.42 Å². The van der Waals surface area contributed by atoms with Crippen molar-refractivity contribution in [3.05, 3.63) is 35.9 Å². The molecular formula is C16H27N. The summed E-state index contributed by atoms with van der Waals surface area (Å²) < 4.78 is 0. The van der Waals surface area contributed by atoms with Crippen molar-refractivity contribution in [2.24, 2.45) is 0 Å². The Hall–Kier alpha value is -0.820. The van der Waals surface area contributed by atoms with Crippen LogP contribution in [0.15, 0.2) is 30.3 Å². The van der Waals surface area contributed by atoms with Gasteiger partial charge < -0.3 is 5.32 Å². The van der Waals surface area contributed by atoms with Crippen LogP contribution in [0.25, 0.3) is 0 Å². The molecule has 0 heterocycles. The highest BCUT2D eigenvalue weighted by Gasteiger charge is 2.01. The van der Waals surface area contributed by atoms with Crippen LogP contribution in [0.2, 0.25) is 0 Å². The van der Waals surface area contributed by atoms with Gasteiger partial charge in [-0.05, 0) is 31.9 Å². The van der Waals surface area contributed by atoms with Crippen molar-refractivity contribution in [2.45, 2.75) is 58.4 Å². The van der Waals surface area contributed by atoms with Gasteiger partial charge in [0.25, 0.3) is 0 Å². The molecule has 0 fully saturated rings. The van der Waals surface area contributed by atoms with Crippen molar-refractivity contribution in [1.29, 1.82) is 0 Å². The first kappa shape index (κ1) is 14.2. The molecule has 0 aliphatic rings. The molecule has 1 atom stereocenters. The molecule has 0 amide bonds. The second kappa shape index (κ2) is 9.23. The molecule has 1 rings (SSSR count). The minimum atomic E-state index is 0.587. The van der Waals surface area contributed by atoms with E-state index in [-0.39, 0.29) is 0 Å². The Bertz CT molecular complexity index is 268. The van der Waals surface area contributed by atoms with Crippen LogP contribution in [0, 0.1) is 0 Å². The number of benzene rings is 1. The third kappa shape index (κ3) is 7.17. The molecule has 0 spiro atoms. The van der Waals surface area contributed by atoms with Gasteiger partial charge in [-0.15, -0.1) is 0 Å². The average molecular weight is 233 g/mol. The largest absolute Gasteiger partial charge is 0.314 e. The maximum Gasteiger partial charge on any atom is 0.00791 e. The Morgan fingerprint density at radius 1 is 1.00 bits per heavy atom. The van der Waals surface area contributed by atoms with Crippen LogP contribution in [-0.4, -0.2) is 12.6 Å². The third-order valence-electron chi connectivity index (χ3n) is 3.16. The molecular weight excluding hydrogens is 206 g/mol. The van der Waals surface area contributed by atoms with Gasteiger partial charge in [0, 0.05) is 6.04 Å². The summed E-state index contributed by atoms with van der Waals surface area (Å²) in [6.07, 6.45) is 7.94. The molecule has 1 unspecified atom stereocenters. The minimum absolute atomic E-state index is 0.587. The molecule has 1 nitrogen and oxygen atoms in total. The quantitative estimate of drug-likeness (QED) is 0.631. The first-order valence-corrected chi connectivity index (χ1v) is 7.10. The third-order valence-corrected chi connectivity index (χ3v) is 3.16. The van der Waals surface area contributed by atoms with Crippen molar-refractivity contribution in [3.63, 3.8) is 0 Å². The van der Waals surface area contributed by atoms with Gasteiger partial charge in [-0.3, -0.25) is 0 Å². The minimum Gasteiger partial charge on any atom is -0.314 e. The Morgan fingerprint density at radius 3 is 2.41 bits per heavy atom. The van der Waals surface area contributed by atoms with Gasteiger partial charge in [0.2, 0.25) is 0 Å². The molecule has 1 N–H and O–H groups in total. The topological polar surface area (TPSA) is 12.0 Å². The van der Waals surface area contributed by atoms with Crippen LogP contribution >= 0.6 is 0 Å². The standard InChI is InChI=1S/C16H27N/c1-3-4-5-6-10-13-17-15(2)14-16-11-8-7-9-12-16/h7-9,11-12,15,17H,3-6,10,13-14H2,1-2H3. The smallest absolute Gasteiger partial charge is 0.00791 e. The molecule has 1 heteroatoms. The summed E-state index contributed by atoms with van der Waals surface area (Å²) in [5.41, 5.74) is 1.43. The lowest BCUT2D eigenvalue weighted by atomic mass is 10.1. The van der Waals surface area contributed by atoms with Crippen molar-refractivity contribution < 1.29 is 0 Å². The fourth-order valence-electron chi connectivity index (χ4n) is 2.12. The maximum atomic E-state index is 3.61. The number of rotatable bonds is 9. The SMILES string of the molecule is CCCCCCCNC(C)Cc1ccccc1. The number of unbranched alkanes of at least 4 members (excludes halogenated alkanes) is 4. The molecule has 0 radical (unpaired) electrons. The zero-order valence-corrected chi connectivity index (χ0v) is 11.4. The lowest BCUT2D eigenvalue weighted by Gasteiger charge is -2.13. The van der Waals surface area contributed by atoms with E-state index in [0.29, 0.717) is 6.04 Å². The van der Waals surface area contributed by atoms with Crippen LogP contribution in [0.4, 0.5) is 0 Å². The molecule has 0 aromatic heterocycles. The van der Waals surface area contributed by atoms with Crippen molar-refractivity contribution in [3.8, 4) is 0 Å².